The Kier molecular flexibility index (Phi) is 2.12. The second-order valence-electron chi connectivity index (χ2n) is 3.69. The average Bonchev–Trinajstić information content (AvgIpc) is 2.12. The van der Waals surface area contributed by atoms with Crippen molar-refractivity contribution >= 4 is 10.0 Å². The number of hydrogen-bond acceptors (Lipinski definition) is 2. The lowest BCUT2D eigenvalue weighted by atomic mass is 10.1. The Morgan fingerprint density at radius 2 is 2.07 bits per heavy atom. The first-order chi connectivity index (χ1) is 6.51. The predicted octanol–water partition coefficient (Wildman–Crippen LogP) is 1.17. The molecule has 0 amide bonds. The van der Waals surface area contributed by atoms with Crippen molar-refractivity contribution in [2.75, 3.05) is 13.6 Å². The summed E-state index contributed by atoms with van der Waals surface area (Å²) in [6, 6.07) is 5.51. The molecule has 0 aliphatic carbocycles. The van der Waals surface area contributed by atoms with Crippen LogP contribution in [0.25, 0.3) is 0 Å². The van der Waals surface area contributed by atoms with Gasteiger partial charge in [-0.15, -0.1) is 0 Å². The zero-order valence-corrected chi connectivity index (χ0v) is 9.13. The van der Waals surface area contributed by atoms with Crippen LogP contribution in [-0.4, -0.2) is 26.3 Å². The molecule has 3 nitrogen and oxygen atoms in total. The van der Waals surface area contributed by atoms with Gasteiger partial charge in [0.25, 0.3) is 0 Å². The summed E-state index contributed by atoms with van der Waals surface area (Å²) in [4.78, 5) is 0.469. The Hall–Kier alpha value is -0.870. The van der Waals surface area contributed by atoms with Gasteiger partial charge in [-0.1, -0.05) is 17.7 Å². The average molecular weight is 211 g/mol. The molecule has 0 fully saturated rings. The summed E-state index contributed by atoms with van der Waals surface area (Å²) in [6.07, 6.45) is 0.812. The lowest BCUT2D eigenvalue weighted by molar-refractivity contribution is 0.457. The van der Waals surface area contributed by atoms with E-state index in [2.05, 4.69) is 0 Å². The van der Waals surface area contributed by atoms with E-state index in [0.717, 1.165) is 17.5 Å². The molecule has 0 unspecified atom stereocenters. The molecule has 1 aromatic carbocycles. The van der Waals surface area contributed by atoms with E-state index < -0.39 is 10.0 Å². The number of fused-ring (bicyclic) bond motifs is 1. The van der Waals surface area contributed by atoms with Crippen LogP contribution in [0.4, 0.5) is 0 Å². The zero-order chi connectivity index (χ0) is 10.3. The summed E-state index contributed by atoms with van der Waals surface area (Å²) in [5, 5.41) is 0. The van der Waals surface area contributed by atoms with Crippen LogP contribution >= 0.6 is 0 Å². The molecule has 0 saturated heterocycles. The predicted molar refractivity (Wildman–Crippen MR) is 54.7 cm³/mol. The van der Waals surface area contributed by atoms with E-state index in [4.69, 9.17) is 0 Å². The van der Waals surface area contributed by atoms with Gasteiger partial charge < -0.3 is 0 Å². The maximum Gasteiger partial charge on any atom is 0.243 e. The first kappa shape index (κ1) is 9.68. The fourth-order valence-electron chi connectivity index (χ4n) is 1.72. The molecular weight excluding hydrogens is 198 g/mol. The topological polar surface area (TPSA) is 37.4 Å². The Bertz CT molecular complexity index is 465. The molecular formula is C10H13NO2S. The van der Waals surface area contributed by atoms with Crippen LogP contribution in [0, 0.1) is 6.92 Å². The van der Waals surface area contributed by atoms with Gasteiger partial charge in [-0.05, 0) is 25.0 Å². The molecule has 1 aromatic rings. The van der Waals surface area contributed by atoms with Gasteiger partial charge in [0.15, 0.2) is 0 Å². The van der Waals surface area contributed by atoms with Gasteiger partial charge >= 0.3 is 0 Å². The highest BCUT2D eigenvalue weighted by Crippen LogP contribution is 2.25. The fraction of sp³-hybridized carbons (Fsp3) is 0.400. The summed E-state index contributed by atoms with van der Waals surface area (Å²) in [5.74, 6) is 0. The number of nitrogens with zero attached hydrogens (tertiary/aromatic N) is 1. The summed E-state index contributed by atoms with van der Waals surface area (Å²) in [7, 11) is -1.58. The minimum absolute atomic E-state index is 0.469. The van der Waals surface area contributed by atoms with Crippen LogP contribution in [0.15, 0.2) is 23.1 Å². The second kappa shape index (κ2) is 3.07. The first-order valence-electron chi connectivity index (χ1n) is 4.58. The highest BCUT2D eigenvalue weighted by atomic mass is 32.2. The molecule has 4 heteroatoms. The molecule has 0 bridgehead atoms. The van der Waals surface area contributed by atoms with E-state index in [1.54, 1.807) is 13.1 Å². The van der Waals surface area contributed by atoms with Gasteiger partial charge in [0.05, 0.1) is 4.90 Å². The molecule has 0 aromatic heterocycles. The summed E-state index contributed by atoms with van der Waals surface area (Å²) >= 11 is 0. The lowest BCUT2D eigenvalue weighted by Gasteiger charge is -2.24. The molecule has 1 aliphatic rings. The van der Waals surface area contributed by atoms with Gasteiger partial charge in [-0.2, -0.15) is 0 Å². The fourth-order valence-corrected chi connectivity index (χ4v) is 3.12. The van der Waals surface area contributed by atoms with E-state index in [9.17, 15) is 8.42 Å². The van der Waals surface area contributed by atoms with Gasteiger partial charge in [-0.3, -0.25) is 0 Å². The van der Waals surface area contributed by atoms with E-state index >= 15 is 0 Å². The van der Waals surface area contributed by atoms with Gasteiger partial charge in [0, 0.05) is 13.6 Å². The van der Waals surface area contributed by atoms with Gasteiger partial charge in [-0.25, -0.2) is 12.7 Å². The molecule has 1 aliphatic heterocycles. The first-order valence-corrected chi connectivity index (χ1v) is 6.02. The minimum atomic E-state index is -3.20. The molecule has 0 N–H and O–H groups in total. The Labute approximate surface area is 84.4 Å². The third kappa shape index (κ3) is 1.35. The third-order valence-electron chi connectivity index (χ3n) is 2.60. The number of benzene rings is 1. The highest BCUT2D eigenvalue weighted by Gasteiger charge is 2.27. The van der Waals surface area contributed by atoms with Crippen molar-refractivity contribution < 1.29 is 8.42 Å². The van der Waals surface area contributed by atoms with Gasteiger partial charge in [0.1, 0.15) is 0 Å². The van der Waals surface area contributed by atoms with Crippen LogP contribution in [-0.2, 0) is 16.4 Å². The minimum Gasteiger partial charge on any atom is -0.207 e. The van der Waals surface area contributed by atoms with Crippen LogP contribution in [0.5, 0.6) is 0 Å². The number of aryl methyl sites for hydroxylation is 1. The molecule has 0 atom stereocenters. The second-order valence-corrected chi connectivity index (χ2v) is 5.70. The van der Waals surface area contributed by atoms with Crippen molar-refractivity contribution in [3.63, 3.8) is 0 Å². The van der Waals surface area contributed by atoms with E-state index in [1.807, 2.05) is 19.1 Å². The van der Waals surface area contributed by atoms with Crippen molar-refractivity contribution in [3.05, 3.63) is 29.3 Å². The Balaban J connectivity index is 2.65. The molecule has 14 heavy (non-hydrogen) atoms. The molecule has 0 spiro atoms. The van der Waals surface area contributed by atoms with E-state index in [-0.39, 0.29) is 0 Å². The van der Waals surface area contributed by atoms with Crippen LogP contribution in [0.3, 0.4) is 0 Å². The SMILES string of the molecule is Cc1ccc2c(c1)CCN(C)S2(=O)=O. The quantitative estimate of drug-likeness (QED) is 0.646. The molecule has 0 saturated carbocycles. The van der Waals surface area contributed by atoms with Crippen LogP contribution in [0.2, 0.25) is 0 Å². The summed E-state index contributed by atoms with van der Waals surface area (Å²) < 4.78 is 25.1. The van der Waals surface area contributed by atoms with Crippen LogP contribution in [0.1, 0.15) is 11.1 Å². The van der Waals surface area contributed by atoms with E-state index in [1.165, 1.54) is 4.31 Å². The number of rotatable bonds is 0. The Morgan fingerprint density at radius 1 is 1.36 bits per heavy atom. The van der Waals surface area contributed by atoms with Crippen molar-refractivity contribution in [3.8, 4) is 0 Å². The number of sulfonamides is 1. The number of hydrogen-bond donors (Lipinski definition) is 0. The van der Waals surface area contributed by atoms with Crippen LogP contribution < -0.4 is 0 Å². The normalized spacial score (nSPS) is 20.4. The van der Waals surface area contributed by atoms with Crippen molar-refractivity contribution in [2.45, 2.75) is 18.2 Å². The molecule has 1 heterocycles. The largest absolute Gasteiger partial charge is 0.243 e. The standard InChI is InChI=1S/C10H13NO2S/c1-8-3-4-10-9(7-8)5-6-11(2)14(10,12)13/h3-4,7H,5-6H2,1-2H3. The highest BCUT2D eigenvalue weighted by molar-refractivity contribution is 7.89. The third-order valence-corrected chi connectivity index (χ3v) is 4.56. The monoisotopic (exact) mass is 211 g/mol. The van der Waals surface area contributed by atoms with E-state index in [0.29, 0.717) is 11.4 Å². The molecule has 76 valence electrons. The number of likely N-dealkylation sites (N-methyl/N-ethyl adjacent to an activating group) is 1. The molecule has 2 rings (SSSR count). The van der Waals surface area contributed by atoms with Crippen molar-refractivity contribution in [1.29, 1.82) is 0 Å². The van der Waals surface area contributed by atoms with Crippen molar-refractivity contribution in [2.24, 2.45) is 0 Å². The Morgan fingerprint density at radius 3 is 2.79 bits per heavy atom. The maximum atomic E-state index is 11.8. The maximum absolute atomic E-state index is 11.8. The zero-order valence-electron chi connectivity index (χ0n) is 8.32. The van der Waals surface area contributed by atoms with Crippen molar-refractivity contribution in [1.82, 2.24) is 4.31 Å². The lowest BCUT2D eigenvalue weighted by Crippen LogP contribution is -2.33. The molecule has 0 radical (unpaired) electrons. The summed E-state index contributed by atoms with van der Waals surface area (Å²) in [5.41, 5.74) is 2.06. The smallest absolute Gasteiger partial charge is 0.207 e. The van der Waals surface area contributed by atoms with Gasteiger partial charge in [0.2, 0.25) is 10.0 Å². The summed E-state index contributed by atoms with van der Waals surface area (Å²) in [6.45, 7) is 2.56.